The average molecular weight is 306 g/mol. The van der Waals surface area contributed by atoms with Gasteiger partial charge in [-0.2, -0.15) is 0 Å². The average Bonchev–Trinajstić information content (AvgIpc) is 3.14. The van der Waals surface area contributed by atoms with Crippen LogP contribution in [-0.2, 0) is 4.74 Å². The molecule has 2 aromatic carbocycles. The Hall–Kier alpha value is -3.28. The molecule has 0 atom stereocenters. The molecule has 6 heteroatoms. The van der Waals surface area contributed by atoms with E-state index >= 15 is 0 Å². The third kappa shape index (κ3) is 3.88. The molecule has 3 rings (SSSR count). The Morgan fingerprint density at radius 3 is 2.57 bits per heavy atom. The molecule has 0 bridgehead atoms. The maximum atomic E-state index is 12.0. The van der Waals surface area contributed by atoms with E-state index in [0.717, 1.165) is 11.3 Å². The Kier molecular flexibility index (Phi) is 4.54. The highest BCUT2D eigenvalue weighted by Gasteiger charge is 2.06. The van der Waals surface area contributed by atoms with Gasteiger partial charge in [-0.3, -0.25) is 0 Å². The Morgan fingerprint density at radius 1 is 1.09 bits per heavy atom. The fourth-order valence-corrected chi connectivity index (χ4v) is 1.99. The van der Waals surface area contributed by atoms with Gasteiger partial charge in [-0.1, -0.05) is 36.4 Å². The van der Waals surface area contributed by atoms with Gasteiger partial charge in [-0.25, -0.2) is 9.48 Å². The van der Waals surface area contributed by atoms with E-state index in [2.05, 4.69) is 15.5 Å². The number of rotatable bonds is 5. The van der Waals surface area contributed by atoms with Crippen molar-refractivity contribution in [1.82, 2.24) is 20.2 Å². The summed E-state index contributed by atoms with van der Waals surface area (Å²) >= 11 is 0. The maximum absolute atomic E-state index is 12.0. The van der Waals surface area contributed by atoms with E-state index in [1.54, 1.807) is 24.3 Å². The monoisotopic (exact) mass is 306 g/mol. The zero-order chi connectivity index (χ0) is 15.9. The van der Waals surface area contributed by atoms with Crippen LogP contribution >= 0.6 is 0 Å². The molecule has 0 aliphatic rings. The zero-order valence-electron chi connectivity index (χ0n) is 12.2. The van der Waals surface area contributed by atoms with Crippen LogP contribution in [0.25, 0.3) is 11.8 Å². The van der Waals surface area contributed by atoms with Gasteiger partial charge < -0.3 is 4.74 Å². The number of hydrogen-bond acceptors (Lipinski definition) is 5. The van der Waals surface area contributed by atoms with Crippen LogP contribution in [0.3, 0.4) is 0 Å². The number of carbonyl (C=O) groups excluding carboxylic acids is 1. The van der Waals surface area contributed by atoms with Crippen LogP contribution in [0.1, 0.15) is 15.9 Å². The summed E-state index contributed by atoms with van der Waals surface area (Å²) in [5.41, 5.74) is 2.32. The fourth-order valence-electron chi connectivity index (χ4n) is 1.99. The van der Waals surface area contributed by atoms with Gasteiger partial charge in [0.2, 0.25) is 0 Å². The molecule has 3 aromatic rings. The van der Waals surface area contributed by atoms with Gasteiger partial charge in [0.25, 0.3) is 0 Å². The molecule has 0 saturated heterocycles. The smallest absolute Gasteiger partial charge is 0.338 e. The van der Waals surface area contributed by atoms with Crippen LogP contribution in [0, 0.1) is 0 Å². The number of esters is 1. The second-order valence-electron chi connectivity index (χ2n) is 4.71. The minimum Gasteiger partial charge on any atom is -0.458 e. The summed E-state index contributed by atoms with van der Waals surface area (Å²) in [6.07, 6.45) is 5.21. The number of hydrogen-bond donors (Lipinski definition) is 0. The van der Waals surface area contributed by atoms with Crippen molar-refractivity contribution < 1.29 is 9.53 Å². The predicted molar refractivity (Wildman–Crippen MR) is 84.9 cm³/mol. The molecule has 0 amide bonds. The van der Waals surface area contributed by atoms with Crippen LogP contribution in [0.4, 0.5) is 0 Å². The van der Waals surface area contributed by atoms with Crippen molar-refractivity contribution in [1.29, 1.82) is 0 Å². The molecule has 1 heterocycles. The number of carbonyl (C=O) groups is 1. The fraction of sp³-hybridized carbons (Fsp3) is 0.0588. The number of tetrazole rings is 1. The van der Waals surface area contributed by atoms with Gasteiger partial charge in [0.15, 0.2) is 0 Å². The molecule has 0 aliphatic heterocycles. The van der Waals surface area contributed by atoms with Crippen LogP contribution < -0.4 is 0 Å². The van der Waals surface area contributed by atoms with Crippen molar-refractivity contribution in [2.24, 2.45) is 0 Å². The van der Waals surface area contributed by atoms with Gasteiger partial charge in [0.05, 0.1) is 11.3 Å². The van der Waals surface area contributed by atoms with Crippen molar-refractivity contribution in [2.75, 3.05) is 6.61 Å². The van der Waals surface area contributed by atoms with E-state index in [1.807, 2.05) is 42.5 Å². The first kappa shape index (κ1) is 14.6. The molecule has 23 heavy (non-hydrogen) atoms. The Bertz CT molecular complexity index is 781. The minimum atomic E-state index is -0.369. The summed E-state index contributed by atoms with van der Waals surface area (Å²) in [4.78, 5) is 12.0. The Balaban J connectivity index is 1.55. The lowest BCUT2D eigenvalue weighted by Gasteiger charge is -2.03. The van der Waals surface area contributed by atoms with Crippen molar-refractivity contribution >= 4 is 12.0 Å². The molecule has 0 aliphatic carbocycles. The lowest BCUT2D eigenvalue weighted by Crippen LogP contribution is -2.05. The summed E-state index contributed by atoms with van der Waals surface area (Å²) in [6.45, 7) is 0.225. The molecular weight excluding hydrogens is 292 g/mol. The van der Waals surface area contributed by atoms with E-state index in [4.69, 9.17) is 4.74 Å². The van der Waals surface area contributed by atoms with Crippen LogP contribution in [0.15, 0.2) is 67.0 Å². The highest BCUT2D eigenvalue weighted by Crippen LogP contribution is 2.09. The Labute approximate surface area is 133 Å². The molecule has 0 fully saturated rings. The molecule has 1 aromatic heterocycles. The highest BCUT2D eigenvalue weighted by atomic mass is 16.5. The molecule has 0 spiro atoms. The lowest BCUT2D eigenvalue weighted by molar-refractivity contribution is 0.0550. The third-order valence-corrected chi connectivity index (χ3v) is 3.14. The number of aromatic nitrogens is 4. The summed E-state index contributed by atoms with van der Waals surface area (Å²) in [7, 11) is 0. The van der Waals surface area contributed by atoms with Crippen molar-refractivity contribution in [3.63, 3.8) is 0 Å². The Morgan fingerprint density at radius 2 is 1.87 bits per heavy atom. The van der Waals surface area contributed by atoms with E-state index in [1.165, 1.54) is 11.0 Å². The molecule has 0 N–H and O–H groups in total. The second-order valence-corrected chi connectivity index (χ2v) is 4.71. The molecule has 114 valence electrons. The summed E-state index contributed by atoms with van der Waals surface area (Å²) in [5.74, 6) is -0.369. The highest BCUT2D eigenvalue weighted by molar-refractivity contribution is 5.89. The van der Waals surface area contributed by atoms with Gasteiger partial charge in [-0.05, 0) is 46.3 Å². The van der Waals surface area contributed by atoms with E-state index in [9.17, 15) is 4.79 Å². The van der Waals surface area contributed by atoms with E-state index < -0.39 is 0 Å². The predicted octanol–water partition coefficient (Wildman–Crippen LogP) is 2.53. The van der Waals surface area contributed by atoms with Crippen molar-refractivity contribution in [2.45, 2.75) is 0 Å². The summed E-state index contributed by atoms with van der Waals surface area (Å²) in [5, 5.41) is 10.9. The van der Waals surface area contributed by atoms with Gasteiger partial charge in [-0.15, -0.1) is 5.10 Å². The molecular formula is C17H14N4O2. The van der Waals surface area contributed by atoms with Gasteiger partial charge in [0.1, 0.15) is 12.9 Å². The minimum absolute atomic E-state index is 0.225. The first-order valence-electron chi connectivity index (χ1n) is 7.05. The van der Waals surface area contributed by atoms with Crippen LogP contribution in [0.2, 0.25) is 0 Å². The van der Waals surface area contributed by atoms with Gasteiger partial charge in [0, 0.05) is 0 Å². The zero-order valence-corrected chi connectivity index (χ0v) is 12.2. The second kappa shape index (κ2) is 7.13. The van der Waals surface area contributed by atoms with Crippen LogP contribution in [-0.4, -0.2) is 32.8 Å². The molecule has 0 unspecified atom stereocenters. The molecule has 0 saturated carbocycles. The topological polar surface area (TPSA) is 69.9 Å². The summed E-state index contributed by atoms with van der Waals surface area (Å²) in [6, 6.07) is 16.7. The first-order valence-corrected chi connectivity index (χ1v) is 7.05. The largest absolute Gasteiger partial charge is 0.458 e. The maximum Gasteiger partial charge on any atom is 0.338 e. The standard InChI is InChI=1S/C17H14N4O2/c22-17(23-12-4-7-14-5-2-1-3-6-14)15-8-10-16(11-9-15)21-13-18-19-20-21/h1-11,13H,12H2/b7-4+. The third-order valence-electron chi connectivity index (χ3n) is 3.14. The lowest BCUT2D eigenvalue weighted by atomic mass is 10.2. The van der Waals surface area contributed by atoms with Gasteiger partial charge >= 0.3 is 5.97 Å². The SMILES string of the molecule is O=C(OC/C=C/c1ccccc1)c1ccc(-n2cnnn2)cc1. The molecule has 0 radical (unpaired) electrons. The van der Waals surface area contributed by atoms with E-state index in [-0.39, 0.29) is 12.6 Å². The number of ether oxygens (including phenoxy) is 1. The van der Waals surface area contributed by atoms with Crippen LogP contribution in [0.5, 0.6) is 0 Å². The molecule has 6 nitrogen and oxygen atoms in total. The summed E-state index contributed by atoms with van der Waals surface area (Å²) < 4.78 is 6.72. The quantitative estimate of drug-likeness (QED) is 0.677. The van der Waals surface area contributed by atoms with Crippen molar-refractivity contribution in [3.05, 3.63) is 78.1 Å². The normalized spacial score (nSPS) is 10.8. The van der Waals surface area contributed by atoms with E-state index in [0.29, 0.717) is 5.56 Å². The van der Waals surface area contributed by atoms with Crippen molar-refractivity contribution in [3.8, 4) is 5.69 Å². The first-order chi connectivity index (χ1) is 11.3. The number of nitrogens with zero attached hydrogens (tertiary/aromatic N) is 4. The number of benzene rings is 2.